The van der Waals surface area contributed by atoms with Crippen molar-refractivity contribution in [2.75, 3.05) is 39.1 Å². The summed E-state index contributed by atoms with van der Waals surface area (Å²) in [6.45, 7) is 1.11. The molecule has 4 rings (SSSR count). The Morgan fingerprint density at radius 3 is 1.82 bits per heavy atom. The van der Waals surface area contributed by atoms with Gasteiger partial charge in [-0.2, -0.15) is 0 Å². The number of hydrogen-bond donors (Lipinski definition) is 1. The number of nitrogen functional groups attached to an aromatic ring is 1. The molecule has 7 heteroatoms. The summed E-state index contributed by atoms with van der Waals surface area (Å²) >= 11 is 0. The van der Waals surface area contributed by atoms with Crippen molar-refractivity contribution in [3.05, 3.63) is 78.0 Å². The molecule has 0 amide bonds. The van der Waals surface area contributed by atoms with Gasteiger partial charge in [-0.1, -0.05) is 0 Å². The van der Waals surface area contributed by atoms with Crippen LogP contribution in [0.3, 0.4) is 0 Å². The maximum Gasteiger partial charge on any atom is 0.137 e. The van der Waals surface area contributed by atoms with Gasteiger partial charge in [0.05, 0.1) is 28.4 Å². The summed E-state index contributed by atoms with van der Waals surface area (Å²) in [5, 5.41) is 2.04. The summed E-state index contributed by atoms with van der Waals surface area (Å²) in [5.41, 5.74) is 8.76. The molecule has 0 saturated carbocycles. The van der Waals surface area contributed by atoms with Crippen molar-refractivity contribution in [1.29, 1.82) is 0 Å². The minimum atomic E-state index is 0.554. The summed E-state index contributed by atoms with van der Waals surface area (Å²) in [6.07, 6.45) is 1.81. The molecule has 7 nitrogen and oxygen atoms in total. The van der Waals surface area contributed by atoms with Crippen LogP contribution in [0.1, 0.15) is 11.1 Å². The van der Waals surface area contributed by atoms with Gasteiger partial charge in [-0.15, -0.1) is 0 Å². The fraction of sp³-hybridized carbons (Fsp3) is 0.222. The monoisotopic (exact) mass is 459 g/mol. The zero-order valence-electron chi connectivity index (χ0n) is 19.9. The third-order valence-corrected chi connectivity index (χ3v) is 5.78. The zero-order valence-corrected chi connectivity index (χ0v) is 19.9. The second-order valence-corrected chi connectivity index (χ2v) is 7.83. The van der Waals surface area contributed by atoms with Crippen molar-refractivity contribution in [1.82, 2.24) is 4.98 Å². The Hall–Kier alpha value is -4.13. The molecule has 0 radical (unpaired) electrons. The first-order valence-electron chi connectivity index (χ1n) is 10.9. The standard InChI is InChI=1S/C27H29N3O4/c1-31-22-8-5-19(25(14-22)33-3)16-30(17-20-6-9-23(32-2)15-26(20)34-4)27-24-10-7-21(28)13-18(24)11-12-29-27/h5-15H,16-17,28H2,1-4H3. The first-order valence-corrected chi connectivity index (χ1v) is 10.9. The summed E-state index contributed by atoms with van der Waals surface area (Å²) in [4.78, 5) is 6.96. The molecule has 0 aliphatic heterocycles. The molecule has 0 aliphatic carbocycles. The molecular formula is C27H29N3O4. The lowest BCUT2D eigenvalue weighted by Crippen LogP contribution is -2.24. The lowest BCUT2D eigenvalue weighted by Gasteiger charge is -2.27. The van der Waals surface area contributed by atoms with Gasteiger partial charge >= 0.3 is 0 Å². The number of anilines is 2. The lowest BCUT2D eigenvalue weighted by atomic mass is 10.1. The maximum absolute atomic E-state index is 6.04. The highest BCUT2D eigenvalue weighted by molar-refractivity contribution is 5.94. The van der Waals surface area contributed by atoms with Gasteiger partial charge in [0.15, 0.2) is 0 Å². The first kappa shape index (κ1) is 23.0. The van der Waals surface area contributed by atoms with Crippen LogP contribution in [0.15, 0.2) is 66.9 Å². The normalized spacial score (nSPS) is 10.7. The molecule has 1 heterocycles. The summed E-state index contributed by atoms with van der Waals surface area (Å²) in [6, 6.07) is 19.5. The second-order valence-electron chi connectivity index (χ2n) is 7.83. The number of benzene rings is 3. The minimum Gasteiger partial charge on any atom is -0.497 e. The van der Waals surface area contributed by atoms with E-state index in [1.165, 1.54) is 0 Å². The first-order chi connectivity index (χ1) is 16.6. The van der Waals surface area contributed by atoms with Crippen molar-refractivity contribution in [3.8, 4) is 23.0 Å². The molecule has 0 spiro atoms. The SMILES string of the molecule is COc1ccc(CN(Cc2ccc(OC)cc2OC)c2nccc3cc(N)ccc23)c(OC)c1. The number of aromatic nitrogens is 1. The van der Waals surface area contributed by atoms with Gasteiger partial charge in [0.25, 0.3) is 0 Å². The molecule has 1 aromatic heterocycles. The average molecular weight is 460 g/mol. The number of rotatable bonds is 9. The highest BCUT2D eigenvalue weighted by Crippen LogP contribution is 2.33. The predicted molar refractivity (Wildman–Crippen MR) is 135 cm³/mol. The Morgan fingerprint density at radius 1 is 0.706 bits per heavy atom. The number of fused-ring (bicyclic) bond motifs is 1. The molecule has 176 valence electrons. The molecule has 0 unspecified atom stereocenters. The minimum absolute atomic E-state index is 0.554. The zero-order chi connectivity index (χ0) is 24.1. The number of nitrogens with two attached hydrogens (primary N) is 1. The Kier molecular flexibility index (Phi) is 6.92. The molecule has 3 aromatic carbocycles. The average Bonchev–Trinajstić information content (AvgIpc) is 2.88. The van der Waals surface area contributed by atoms with E-state index in [0.29, 0.717) is 18.8 Å². The fourth-order valence-electron chi connectivity index (χ4n) is 4.01. The Balaban J connectivity index is 1.81. The lowest BCUT2D eigenvalue weighted by molar-refractivity contribution is 0.389. The van der Waals surface area contributed by atoms with Crippen molar-refractivity contribution in [2.24, 2.45) is 0 Å². The van der Waals surface area contributed by atoms with Crippen LogP contribution >= 0.6 is 0 Å². The number of nitrogens with zero attached hydrogens (tertiary/aromatic N) is 2. The molecule has 4 aromatic rings. The van der Waals surface area contributed by atoms with Gasteiger partial charge in [0, 0.05) is 53.6 Å². The topological polar surface area (TPSA) is 79.1 Å². The van der Waals surface area contributed by atoms with E-state index in [1.807, 2.05) is 60.7 Å². The van der Waals surface area contributed by atoms with Gasteiger partial charge in [-0.05, 0) is 53.9 Å². The molecule has 0 fully saturated rings. The van der Waals surface area contributed by atoms with E-state index >= 15 is 0 Å². The Labute approximate surface area is 199 Å². The molecule has 0 saturated heterocycles. The van der Waals surface area contributed by atoms with Gasteiger partial charge in [-0.25, -0.2) is 4.98 Å². The van der Waals surface area contributed by atoms with Crippen LogP contribution < -0.4 is 29.6 Å². The predicted octanol–water partition coefficient (Wildman–Crippen LogP) is 5.06. The van der Waals surface area contributed by atoms with Crippen LogP contribution in [0.25, 0.3) is 10.8 Å². The van der Waals surface area contributed by atoms with Crippen LogP contribution in [-0.2, 0) is 13.1 Å². The molecule has 2 N–H and O–H groups in total. The van der Waals surface area contributed by atoms with E-state index in [9.17, 15) is 0 Å². The van der Waals surface area contributed by atoms with Crippen molar-refractivity contribution < 1.29 is 18.9 Å². The van der Waals surface area contributed by atoms with Gasteiger partial charge < -0.3 is 29.6 Å². The Bertz CT molecular complexity index is 1230. The van der Waals surface area contributed by atoms with Crippen LogP contribution in [0.2, 0.25) is 0 Å². The van der Waals surface area contributed by atoms with E-state index in [4.69, 9.17) is 29.7 Å². The third-order valence-electron chi connectivity index (χ3n) is 5.78. The van der Waals surface area contributed by atoms with Crippen LogP contribution in [-0.4, -0.2) is 33.4 Å². The third kappa shape index (κ3) is 4.78. The highest BCUT2D eigenvalue weighted by atomic mass is 16.5. The number of hydrogen-bond acceptors (Lipinski definition) is 7. The van der Waals surface area contributed by atoms with Crippen LogP contribution in [0.4, 0.5) is 11.5 Å². The summed E-state index contributed by atoms with van der Waals surface area (Å²) in [7, 11) is 6.60. The van der Waals surface area contributed by atoms with Gasteiger partial charge in [0.2, 0.25) is 0 Å². The number of pyridine rings is 1. The molecule has 0 atom stereocenters. The van der Waals surface area contributed by atoms with E-state index in [-0.39, 0.29) is 0 Å². The highest BCUT2D eigenvalue weighted by Gasteiger charge is 2.18. The van der Waals surface area contributed by atoms with Crippen molar-refractivity contribution >= 4 is 22.3 Å². The van der Waals surface area contributed by atoms with Gasteiger partial charge in [0.1, 0.15) is 28.8 Å². The summed E-state index contributed by atoms with van der Waals surface area (Å²) < 4.78 is 22.1. The fourth-order valence-corrected chi connectivity index (χ4v) is 4.01. The van der Waals surface area contributed by atoms with Crippen molar-refractivity contribution in [2.45, 2.75) is 13.1 Å². The number of methoxy groups -OCH3 is 4. The largest absolute Gasteiger partial charge is 0.497 e. The maximum atomic E-state index is 6.04. The van der Waals surface area contributed by atoms with Gasteiger partial charge in [-0.3, -0.25) is 0 Å². The smallest absolute Gasteiger partial charge is 0.137 e. The van der Waals surface area contributed by atoms with E-state index < -0.39 is 0 Å². The molecule has 0 bridgehead atoms. The molecule has 34 heavy (non-hydrogen) atoms. The van der Waals surface area contributed by atoms with E-state index in [2.05, 4.69) is 4.90 Å². The molecular weight excluding hydrogens is 430 g/mol. The van der Waals surface area contributed by atoms with Crippen molar-refractivity contribution in [3.63, 3.8) is 0 Å². The number of ether oxygens (including phenoxy) is 4. The van der Waals surface area contributed by atoms with Crippen LogP contribution in [0, 0.1) is 0 Å². The second kappa shape index (κ2) is 10.2. The van der Waals surface area contributed by atoms with E-state index in [0.717, 1.165) is 50.7 Å². The summed E-state index contributed by atoms with van der Waals surface area (Å²) in [5.74, 6) is 3.81. The quantitative estimate of drug-likeness (QED) is 0.351. The van der Waals surface area contributed by atoms with Crippen LogP contribution in [0.5, 0.6) is 23.0 Å². The Morgan fingerprint density at radius 2 is 1.29 bits per heavy atom. The van der Waals surface area contributed by atoms with E-state index in [1.54, 1.807) is 34.6 Å². The molecule has 0 aliphatic rings.